The molecule has 1 aromatic carbocycles. The molecule has 0 aliphatic heterocycles. The Bertz CT molecular complexity index is 465. The molecule has 118 valence electrons. The summed E-state index contributed by atoms with van der Waals surface area (Å²) in [5, 5.41) is 20.2. The number of ether oxygens (including phenoxy) is 2. The third kappa shape index (κ3) is 5.57. The third-order valence-corrected chi connectivity index (χ3v) is 2.76. The van der Waals surface area contributed by atoms with Crippen LogP contribution in [-0.4, -0.2) is 49.5 Å². The monoisotopic (exact) mass is 298 g/mol. The first kappa shape index (κ1) is 17.2. The Balaban J connectivity index is 3.11. The van der Waals surface area contributed by atoms with E-state index in [4.69, 9.17) is 14.6 Å². The zero-order valence-corrected chi connectivity index (χ0v) is 12.6. The van der Waals surface area contributed by atoms with Gasteiger partial charge in [-0.05, 0) is 13.8 Å². The molecule has 0 heterocycles. The van der Waals surface area contributed by atoms with Crippen LogP contribution in [0.3, 0.4) is 0 Å². The maximum absolute atomic E-state index is 11.0. The number of hydrogen-bond acceptors (Lipinski definition) is 6. The molecule has 7 nitrogen and oxygen atoms in total. The zero-order chi connectivity index (χ0) is 15.8. The summed E-state index contributed by atoms with van der Waals surface area (Å²) in [7, 11) is 1.58. The van der Waals surface area contributed by atoms with E-state index in [0.29, 0.717) is 31.1 Å². The van der Waals surface area contributed by atoms with Crippen LogP contribution in [0.4, 0.5) is 11.4 Å². The number of non-ortho nitro benzene ring substituents is 1. The molecule has 0 spiro atoms. The molecule has 21 heavy (non-hydrogen) atoms. The lowest BCUT2D eigenvalue weighted by Gasteiger charge is -2.24. The predicted octanol–water partition coefficient (Wildman–Crippen LogP) is 1.83. The molecule has 0 aromatic heterocycles. The molecular formula is C14H22N2O5. The number of aliphatic hydroxyl groups is 1. The van der Waals surface area contributed by atoms with Crippen molar-refractivity contribution in [2.24, 2.45) is 0 Å². The summed E-state index contributed by atoms with van der Waals surface area (Å²) < 4.78 is 10.6. The highest BCUT2D eigenvalue weighted by molar-refractivity contribution is 5.58. The number of anilines is 1. The maximum atomic E-state index is 11.0. The summed E-state index contributed by atoms with van der Waals surface area (Å²) in [6.45, 7) is 5.02. The van der Waals surface area contributed by atoms with Gasteiger partial charge < -0.3 is 19.5 Å². The van der Waals surface area contributed by atoms with Crippen molar-refractivity contribution in [3.05, 3.63) is 28.3 Å². The average molecular weight is 298 g/mol. The summed E-state index contributed by atoms with van der Waals surface area (Å²) in [6.07, 6.45) is -0.0786. The molecule has 0 bridgehead atoms. The minimum atomic E-state index is -0.454. The lowest BCUT2D eigenvalue weighted by molar-refractivity contribution is -0.384. The Kier molecular flexibility index (Phi) is 6.90. The van der Waals surface area contributed by atoms with Crippen molar-refractivity contribution in [3.8, 4) is 5.75 Å². The molecule has 0 radical (unpaired) electrons. The van der Waals surface area contributed by atoms with Gasteiger partial charge in [-0.1, -0.05) is 0 Å². The highest BCUT2D eigenvalue weighted by Gasteiger charge is 2.15. The summed E-state index contributed by atoms with van der Waals surface area (Å²) in [6, 6.07) is 4.60. The normalized spacial score (nSPS) is 10.7. The maximum Gasteiger partial charge on any atom is 0.275 e. The Morgan fingerprint density at radius 3 is 2.57 bits per heavy atom. The predicted molar refractivity (Wildman–Crippen MR) is 80.0 cm³/mol. The SMILES string of the molecule is COCCN(CCO)c1cc(OC(C)C)cc([N+](=O)[O-])c1. The summed E-state index contributed by atoms with van der Waals surface area (Å²) in [5.41, 5.74) is 0.592. The van der Waals surface area contributed by atoms with E-state index in [1.807, 2.05) is 18.7 Å². The number of nitrogens with zero attached hydrogens (tertiary/aromatic N) is 2. The number of benzene rings is 1. The largest absolute Gasteiger partial charge is 0.491 e. The molecule has 0 saturated carbocycles. The van der Waals surface area contributed by atoms with Crippen molar-refractivity contribution in [1.29, 1.82) is 0 Å². The second-order valence-electron chi connectivity index (χ2n) is 4.81. The Hall–Kier alpha value is -1.86. The summed E-state index contributed by atoms with van der Waals surface area (Å²) >= 11 is 0. The first-order valence-electron chi connectivity index (χ1n) is 6.78. The van der Waals surface area contributed by atoms with Gasteiger partial charge in [-0.2, -0.15) is 0 Å². The van der Waals surface area contributed by atoms with Crippen molar-refractivity contribution >= 4 is 11.4 Å². The molecular weight excluding hydrogens is 276 g/mol. The molecule has 0 saturated heterocycles. The number of hydrogen-bond donors (Lipinski definition) is 1. The van der Waals surface area contributed by atoms with E-state index in [1.54, 1.807) is 13.2 Å². The summed E-state index contributed by atoms with van der Waals surface area (Å²) in [5.74, 6) is 0.439. The minimum absolute atomic E-state index is 0.0384. The first-order chi connectivity index (χ1) is 9.97. The quantitative estimate of drug-likeness (QED) is 0.553. The van der Waals surface area contributed by atoms with Crippen molar-refractivity contribution in [2.75, 3.05) is 38.3 Å². The van der Waals surface area contributed by atoms with E-state index in [2.05, 4.69) is 0 Å². The van der Waals surface area contributed by atoms with E-state index in [0.717, 1.165) is 0 Å². The van der Waals surface area contributed by atoms with E-state index in [1.165, 1.54) is 12.1 Å². The number of methoxy groups -OCH3 is 1. The average Bonchev–Trinajstić information content (AvgIpc) is 2.42. The van der Waals surface area contributed by atoms with E-state index >= 15 is 0 Å². The van der Waals surface area contributed by atoms with Gasteiger partial charge in [-0.25, -0.2) is 0 Å². The number of aliphatic hydroxyl groups excluding tert-OH is 1. The van der Waals surface area contributed by atoms with Crippen molar-refractivity contribution in [3.63, 3.8) is 0 Å². The molecule has 0 atom stereocenters. The molecule has 0 aliphatic rings. The van der Waals surface area contributed by atoms with Crippen LogP contribution < -0.4 is 9.64 Å². The fourth-order valence-electron chi connectivity index (χ4n) is 1.89. The fourth-order valence-corrected chi connectivity index (χ4v) is 1.89. The number of nitro groups is 1. The van der Waals surface area contributed by atoms with Crippen LogP contribution in [-0.2, 0) is 4.74 Å². The van der Waals surface area contributed by atoms with Crippen molar-refractivity contribution in [2.45, 2.75) is 20.0 Å². The standard InChI is InChI=1S/C14H22N2O5/c1-11(2)21-14-9-12(8-13(10-14)16(18)19)15(4-6-17)5-7-20-3/h8-11,17H,4-7H2,1-3H3. The van der Waals surface area contributed by atoms with Crippen LogP contribution in [0.15, 0.2) is 18.2 Å². The van der Waals surface area contributed by atoms with Crippen LogP contribution in [0.25, 0.3) is 0 Å². The molecule has 7 heteroatoms. The van der Waals surface area contributed by atoms with E-state index in [9.17, 15) is 10.1 Å². The highest BCUT2D eigenvalue weighted by Crippen LogP contribution is 2.29. The Labute approximate surface area is 124 Å². The van der Waals surface area contributed by atoms with E-state index in [-0.39, 0.29) is 18.4 Å². The topological polar surface area (TPSA) is 85.1 Å². The minimum Gasteiger partial charge on any atom is -0.491 e. The Morgan fingerprint density at radius 1 is 1.33 bits per heavy atom. The van der Waals surface area contributed by atoms with Gasteiger partial charge in [0, 0.05) is 38.0 Å². The highest BCUT2D eigenvalue weighted by atomic mass is 16.6. The van der Waals surface area contributed by atoms with E-state index < -0.39 is 4.92 Å². The zero-order valence-electron chi connectivity index (χ0n) is 12.6. The first-order valence-corrected chi connectivity index (χ1v) is 6.78. The second kappa shape index (κ2) is 8.43. The van der Waals surface area contributed by atoms with Crippen LogP contribution in [0, 0.1) is 10.1 Å². The molecule has 1 rings (SSSR count). The molecule has 1 N–H and O–H groups in total. The number of nitro benzene ring substituents is 1. The molecule has 0 unspecified atom stereocenters. The van der Waals surface area contributed by atoms with Crippen LogP contribution in [0.2, 0.25) is 0 Å². The van der Waals surface area contributed by atoms with Gasteiger partial charge in [0.15, 0.2) is 0 Å². The smallest absolute Gasteiger partial charge is 0.275 e. The van der Waals surface area contributed by atoms with Crippen LogP contribution >= 0.6 is 0 Å². The fraction of sp³-hybridized carbons (Fsp3) is 0.571. The lowest BCUT2D eigenvalue weighted by Crippen LogP contribution is -2.30. The van der Waals surface area contributed by atoms with Gasteiger partial charge in [-0.3, -0.25) is 10.1 Å². The second-order valence-corrected chi connectivity index (χ2v) is 4.81. The number of rotatable bonds is 9. The molecule has 0 fully saturated rings. The van der Waals surface area contributed by atoms with Gasteiger partial charge in [-0.15, -0.1) is 0 Å². The van der Waals surface area contributed by atoms with Gasteiger partial charge >= 0.3 is 0 Å². The van der Waals surface area contributed by atoms with Crippen molar-refractivity contribution < 1.29 is 19.5 Å². The van der Waals surface area contributed by atoms with Gasteiger partial charge in [0.2, 0.25) is 0 Å². The van der Waals surface area contributed by atoms with Crippen molar-refractivity contribution in [1.82, 2.24) is 0 Å². The van der Waals surface area contributed by atoms with Crippen LogP contribution in [0.5, 0.6) is 5.75 Å². The lowest BCUT2D eigenvalue weighted by atomic mass is 10.2. The molecule has 0 amide bonds. The van der Waals surface area contributed by atoms with Gasteiger partial charge in [0.05, 0.1) is 30.3 Å². The van der Waals surface area contributed by atoms with Crippen LogP contribution in [0.1, 0.15) is 13.8 Å². The molecule has 1 aromatic rings. The summed E-state index contributed by atoms with van der Waals surface area (Å²) in [4.78, 5) is 12.4. The van der Waals surface area contributed by atoms with Gasteiger partial charge in [0.1, 0.15) is 5.75 Å². The third-order valence-electron chi connectivity index (χ3n) is 2.76. The van der Waals surface area contributed by atoms with Gasteiger partial charge in [0.25, 0.3) is 5.69 Å². The molecule has 0 aliphatic carbocycles. The Morgan fingerprint density at radius 2 is 2.05 bits per heavy atom.